The monoisotopic (exact) mass is 222 g/mol. The second-order valence-electron chi connectivity index (χ2n) is 0.955. The molecule has 1 aliphatic heterocycles. The summed E-state index contributed by atoms with van der Waals surface area (Å²) in [6.07, 6.45) is 6.27. The Bertz CT molecular complexity index is 73.8. The fourth-order valence-corrected chi connectivity index (χ4v) is 1.47. The van der Waals surface area contributed by atoms with Crippen molar-refractivity contribution in [3.05, 3.63) is 22.3 Å². The van der Waals surface area contributed by atoms with Crippen LogP contribution in [0.25, 0.3) is 0 Å². The highest BCUT2D eigenvalue weighted by atomic mass is 127. The van der Waals surface area contributed by atoms with E-state index in [-0.39, 0.29) is 0 Å². The first-order valence-electron chi connectivity index (χ1n) is 2.77. The zero-order chi connectivity index (χ0) is 6.24. The van der Waals surface area contributed by atoms with Crippen LogP contribution < -0.4 is 0 Å². The molecule has 0 N–H and O–H groups in total. The highest BCUT2D eigenvalue weighted by Gasteiger charge is 1.66. The van der Waals surface area contributed by atoms with Gasteiger partial charge < -0.3 is 0 Å². The fourth-order valence-electron chi connectivity index (χ4n) is 0.274. The van der Waals surface area contributed by atoms with Crippen molar-refractivity contribution in [2.75, 3.05) is 0 Å². The lowest BCUT2D eigenvalue weighted by Gasteiger charge is -1.76. The number of allylic oxidation sites excluding steroid dienone is 3. The van der Waals surface area contributed by atoms with Crippen molar-refractivity contribution in [1.29, 1.82) is 0 Å². The van der Waals surface area contributed by atoms with Gasteiger partial charge in [-0.1, -0.05) is 52.8 Å². The van der Waals surface area contributed by atoms with Crippen molar-refractivity contribution in [3.63, 3.8) is 0 Å². The molecule has 1 rings (SSSR count). The van der Waals surface area contributed by atoms with Crippen LogP contribution in [-0.4, -0.2) is 4.01 Å². The summed E-state index contributed by atoms with van der Waals surface area (Å²) < 4.78 is 4.47. The SMILES string of the molecule is C1=CC=IC=C1.CC. The Kier molecular flexibility index (Phi) is 7.15. The van der Waals surface area contributed by atoms with E-state index < -0.39 is 0 Å². The molecule has 0 saturated heterocycles. The van der Waals surface area contributed by atoms with E-state index in [4.69, 9.17) is 0 Å². The third-order valence-electron chi connectivity index (χ3n) is 0.513. The van der Waals surface area contributed by atoms with Gasteiger partial charge in [-0.2, -0.15) is 0 Å². The molecule has 1 aliphatic rings. The summed E-state index contributed by atoms with van der Waals surface area (Å²) in [6, 6.07) is 0. The van der Waals surface area contributed by atoms with Crippen LogP contribution in [0.1, 0.15) is 13.8 Å². The molecule has 0 atom stereocenters. The smallest absolute Gasteiger partial charge is 0.0287 e. The molecule has 1 heterocycles. The van der Waals surface area contributed by atoms with E-state index in [9.17, 15) is 0 Å². The normalized spacial score (nSPS) is 13.8. The van der Waals surface area contributed by atoms with E-state index in [1.165, 1.54) is 0 Å². The summed E-state index contributed by atoms with van der Waals surface area (Å²) in [7, 11) is 0. The number of hydrogen-bond acceptors (Lipinski definition) is 0. The van der Waals surface area contributed by atoms with Gasteiger partial charge in [0.1, 0.15) is 0 Å². The van der Waals surface area contributed by atoms with Crippen LogP contribution >= 0.6 is 20.7 Å². The number of hydrogen-bond donors (Lipinski definition) is 0. The standard InChI is InChI=1S/C5H5I.C2H6/c1-2-4-6-5-3-1;1-2/h1-5H;1-2H3. The number of halogens is 1. The van der Waals surface area contributed by atoms with E-state index >= 15 is 0 Å². The summed E-state index contributed by atoms with van der Waals surface area (Å²) in [4.78, 5) is 0. The predicted molar refractivity (Wildman–Crippen MR) is 49.7 cm³/mol. The van der Waals surface area contributed by atoms with Gasteiger partial charge in [-0.3, -0.25) is 0 Å². The summed E-state index contributed by atoms with van der Waals surface area (Å²) in [5, 5.41) is 0. The lowest BCUT2D eigenvalue weighted by atomic mass is 10.5. The molecule has 1 heteroatoms. The van der Waals surface area contributed by atoms with Gasteiger partial charge >= 0.3 is 0 Å². The van der Waals surface area contributed by atoms with Crippen molar-refractivity contribution in [3.8, 4) is 0 Å². The highest BCUT2D eigenvalue weighted by molar-refractivity contribution is 14.2. The molecule has 0 aromatic heterocycles. The maximum absolute atomic E-state index is 2.24. The van der Waals surface area contributed by atoms with Crippen molar-refractivity contribution >= 4 is 24.7 Å². The minimum Gasteiger partial charge on any atom is -0.0937 e. The van der Waals surface area contributed by atoms with Gasteiger partial charge in [0.05, 0.1) is 0 Å². The maximum Gasteiger partial charge on any atom is -0.0287 e. The molecule has 0 unspecified atom stereocenters. The van der Waals surface area contributed by atoms with Crippen LogP contribution in [0, 0.1) is 0 Å². The zero-order valence-electron chi connectivity index (χ0n) is 5.26. The third kappa shape index (κ3) is 4.24. The van der Waals surface area contributed by atoms with Crippen LogP contribution in [0.5, 0.6) is 0 Å². The van der Waals surface area contributed by atoms with Crippen LogP contribution in [0.2, 0.25) is 0 Å². The summed E-state index contributed by atoms with van der Waals surface area (Å²) in [5.41, 5.74) is 0. The fraction of sp³-hybridized carbons (Fsp3) is 0.286. The summed E-state index contributed by atoms with van der Waals surface area (Å²) >= 11 is 0.322. The van der Waals surface area contributed by atoms with E-state index in [1.807, 2.05) is 13.8 Å². The molecular formula is C7H11I. The maximum atomic E-state index is 2.24. The Hall–Kier alpha value is 0.0800. The molecule has 0 aromatic rings. The molecule has 8 heavy (non-hydrogen) atoms. The Morgan fingerprint density at radius 1 is 1.00 bits per heavy atom. The van der Waals surface area contributed by atoms with Gasteiger partial charge in [-0.15, -0.1) is 0 Å². The second kappa shape index (κ2) is 7.08. The molecule has 0 nitrogen and oxygen atoms in total. The molecule has 0 radical (unpaired) electrons. The van der Waals surface area contributed by atoms with Crippen molar-refractivity contribution in [1.82, 2.24) is 0 Å². The van der Waals surface area contributed by atoms with Gasteiger partial charge in [-0.25, -0.2) is 0 Å². The molecule has 0 aromatic carbocycles. The molecule has 0 saturated carbocycles. The van der Waals surface area contributed by atoms with Gasteiger partial charge in [-0.05, 0) is 8.09 Å². The van der Waals surface area contributed by atoms with Gasteiger partial charge in [0.2, 0.25) is 0 Å². The Morgan fingerprint density at radius 2 is 1.75 bits per heavy atom. The minimum atomic E-state index is 0.322. The lowest BCUT2D eigenvalue weighted by Crippen LogP contribution is -1.56. The quantitative estimate of drug-likeness (QED) is 0.553. The van der Waals surface area contributed by atoms with Crippen LogP contribution in [0.15, 0.2) is 22.3 Å². The highest BCUT2D eigenvalue weighted by Crippen LogP contribution is 2.00. The molecule has 0 amide bonds. The molecule has 46 valence electrons. The Balaban J connectivity index is 0.000000222. The predicted octanol–water partition coefficient (Wildman–Crippen LogP) is 2.87. The van der Waals surface area contributed by atoms with Crippen LogP contribution in [0.3, 0.4) is 0 Å². The second-order valence-corrected chi connectivity index (χ2v) is 3.11. The first-order chi connectivity index (χ1) is 4.00. The first-order valence-corrected chi connectivity index (χ1v) is 5.26. The van der Waals surface area contributed by atoms with Crippen molar-refractivity contribution in [2.45, 2.75) is 13.8 Å². The van der Waals surface area contributed by atoms with Gasteiger partial charge in [0, 0.05) is 0 Å². The Labute approximate surface area is 61.0 Å². The average Bonchev–Trinajstić information content (AvgIpc) is 1.96. The van der Waals surface area contributed by atoms with Gasteiger partial charge in [0.25, 0.3) is 0 Å². The first kappa shape index (κ1) is 8.08. The molecule has 0 bridgehead atoms. The summed E-state index contributed by atoms with van der Waals surface area (Å²) in [5.74, 6) is 0. The third-order valence-corrected chi connectivity index (χ3v) is 2.17. The molecular weight excluding hydrogens is 211 g/mol. The molecule has 0 spiro atoms. The van der Waals surface area contributed by atoms with Gasteiger partial charge in [0.15, 0.2) is 0 Å². The topological polar surface area (TPSA) is 0 Å². The molecule has 0 fully saturated rings. The minimum absolute atomic E-state index is 0.322. The van der Waals surface area contributed by atoms with Crippen molar-refractivity contribution < 1.29 is 0 Å². The van der Waals surface area contributed by atoms with Crippen LogP contribution in [-0.2, 0) is 0 Å². The van der Waals surface area contributed by atoms with Crippen molar-refractivity contribution in [2.24, 2.45) is 0 Å². The summed E-state index contributed by atoms with van der Waals surface area (Å²) in [6.45, 7) is 4.00. The van der Waals surface area contributed by atoms with E-state index in [0.29, 0.717) is 20.7 Å². The molecule has 0 aliphatic carbocycles. The van der Waals surface area contributed by atoms with E-state index in [0.717, 1.165) is 0 Å². The Morgan fingerprint density at radius 3 is 1.88 bits per heavy atom. The van der Waals surface area contributed by atoms with Crippen LogP contribution in [0.4, 0.5) is 0 Å². The number of rotatable bonds is 0. The average molecular weight is 222 g/mol. The van der Waals surface area contributed by atoms with E-state index in [2.05, 4.69) is 26.3 Å². The largest absolute Gasteiger partial charge is 0.0937 e. The van der Waals surface area contributed by atoms with E-state index in [1.54, 1.807) is 0 Å². The lowest BCUT2D eigenvalue weighted by molar-refractivity contribution is 1.50. The zero-order valence-corrected chi connectivity index (χ0v) is 7.42.